The minimum atomic E-state index is -4.47. The third-order valence-electron chi connectivity index (χ3n) is 2.76. The molecule has 2 heterocycles. The van der Waals surface area contributed by atoms with Crippen molar-refractivity contribution in [2.24, 2.45) is 0 Å². The maximum Gasteiger partial charge on any atom is 0.435 e. The number of hydrogen-bond donors (Lipinski definition) is 0. The van der Waals surface area contributed by atoms with Crippen LogP contribution in [0.3, 0.4) is 0 Å². The maximum absolute atomic E-state index is 12.5. The number of aromatic nitrogens is 4. The zero-order valence-electron chi connectivity index (χ0n) is 9.52. The molecular formula is C11H8ClF3N4. The van der Waals surface area contributed by atoms with Gasteiger partial charge in [0.2, 0.25) is 0 Å². The van der Waals surface area contributed by atoms with Crippen molar-refractivity contribution in [2.45, 2.75) is 24.9 Å². The SMILES string of the molecule is FC(F)(F)c1ccn(-c2cc(Cl)nc(C3CC3)n2)n1. The van der Waals surface area contributed by atoms with E-state index in [1.165, 1.54) is 12.3 Å². The van der Waals surface area contributed by atoms with Crippen LogP contribution in [0.4, 0.5) is 13.2 Å². The summed E-state index contributed by atoms with van der Waals surface area (Å²) in [5, 5.41) is 3.66. The van der Waals surface area contributed by atoms with Crippen molar-refractivity contribution in [2.75, 3.05) is 0 Å². The fourth-order valence-corrected chi connectivity index (χ4v) is 1.85. The van der Waals surface area contributed by atoms with E-state index in [2.05, 4.69) is 15.1 Å². The van der Waals surface area contributed by atoms with Gasteiger partial charge in [-0.25, -0.2) is 14.6 Å². The third kappa shape index (κ3) is 2.56. The van der Waals surface area contributed by atoms with Gasteiger partial charge in [0, 0.05) is 18.2 Å². The zero-order chi connectivity index (χ0) is 13.6. The Kier molecular flexibility index (Phi) is 2.74. The van der Waals surface area contributed by atoms with E-state index in [1.54, 1.807) is 0 Å². The molecule has 2 aromatic rings. The van der Waals surface area contributed by atoms with Gasteiger partial charge in [-0.1, -0.05) is 11.6 Å². The van der Waals surface area contributed by atoms with Gasteiger partial charge in [-0.2, -0.15) is 18.3 Å². The van der Waals surface area contributed by atoms with Gasteiger partial charge >= 0.3 is 6.18 Å². The second-order valence-corrected chi connectivity index (χ2v) is 4.71. The first-order valence-corrected chi connectivity index (χ1v) is 5.99. The molecule has 0 aromatic carbocycles. The normalized spacial score (nSPS) is 15.8. The summed E-state index contributed by atoms with van der Waals surface area (Å²) in [7, 11) is 0. The van der Waals surface area contributed by atoms with E-state index in [1.807, 2.05) is 0 Å². The van der Waals surface area contributed by atoms with Gasteiger partial charge in [-0.3, -0.25) is 0 Å². The molecule has 0 unspecified atom stereocenters. The molecule has 0 radical (unpaired) electrons. The highest BCUT2D eigenvalue weighted by atomic mass is 35.5. The Balaban J connectivity index is 1.99. The highest BCUT2D eigenvalue weighted by molar-refractivity contribution is 6.29. The molecule has 0 spiro atoms. The van der Waals surface area contributed by atoms with Crippen LogP contribution in [0.5, 0.6) is 0 Å². The van der Waals surface area contributed by atoms with Crippen molar-refractivity contribution in [1.29, 1.82) is 0 Å². The first kappa shape index (κ1) is 12.4. The minimum Gasteiger partial charge on any atom is -0.222 e. The molecule has 4 nitrogen and oxygen atoms in total. The van der Waals surface area contributed by atoms with E-state index in [0.29, 0.717) is 5.82 Å². The summed E-state index contributed by atoms with van der Waals surface area (Å²) < 4.78 is 38.5. The van der Waals surface area contributed by atoms with Gasteiger partial charge in [0.05, 0.1) is 0 Å². The predicted octanol–water partition coefficient (Wildman–Crippen LogP) is 3.21. The second kappa shape index (κ2) is 4.19. The molecule has 1 aliphatic carbocycles. The third-order valence-corrected chi connectivity index (χ3v) is 2.95. The second-order valence-electron chi connectivity index (χ2n) is 4.32. The van der Waals surface area contributed by atoms with Crippen LogP contribution in [0.15, 0.2) is 18.3 Å². The number of hydrogen-bond acceptors (Lipinski definition) is 3. The first-order valence-electron chi connectivity index (χ1n) is 5.61. The van der Waals surface area contributed by atoms with E-state index in [9.17, 15) is 13.2 Å². The smallest absolute Gasteiger partial charge is 0.222 e. The molecule has 3 rings (SSSR count). The van der Waals surface area contributed by atoms with Crippen LogP contribution in [0.1, 0.15) is 30.3 Å². The summed E-state index contributed by atoms with van der Waals surface area (Å²) in [6.07, 6.45) is -1.31. The van der Waals surface area contributed by atoms with E-state index >= 15 is 0 Å². The van der Waals surface area contributed by atoms with Crippen LogP contribution in [0, 0.1) is 0 Å². The number of alkyl halides is 3. The first-order chi connectivity index (χ1) is 8.93. The summed E-state index contributed by atoms with van der Waals surface area (Å²) in [5.41, 5.74) is -0.963. The van der Waals surface area contributed by atoms with Crippen molar-refractivity contribution in [3.05, 3.63) is 35.0 Å². The lowest BCUT2D eigenvalue weighted by Crippen LogP contribution is -2.08. The lowest BCUT2D eigenvalue weighted by Gasteiger charge is -2.05. The van der Waals surface area contributed by atoms with Crippen molar-refractivity contribution in [1.82, 2.24) is 19.7 Å². The Bertz CT molecular complexity index is 619. The predicted molar refractivity (Wildman–Crippen MR) is 61.1 cm³/mol. The molecule has 100 valence electrons. The summed E-state index contributed by atoms with van der Waals surface area (Å²) in [4.78, 5) is 8.27. The molecule has 0 saturated heterocycles. The zero-order valence-corrected chi connectivity index (χ0v) is 10.3. The van der Waals surface area contributed by atoms with Gasteiger partial charge in [-0.05, 0) is 18.9 Å². The Hall–Kier alpha value is -1.63. The van der Waals surface area contributed by atoms with Crippen LogP contribution in [-0.2, 0) is 6.18 Å². The molecule has 1 fully saturated rings. The molecule has 0 atom stereocenters. The van der Waals surface area contributed by atoms with E-state index in [0.717, 1.165) is 23.6 Å². The Morgan fingerprint density at radius 3 is 2.58 bits per heavy atom. The summed E-state index contributed by atoms with van der Waals surface area (Å²) >= 11 is 5.85. The molecule has 0 bridgehead atoms. The molecule has 0 N–H and O–H groups in total. The van der Waals surface area contributed by atoms with Crippen molar-refractivity contribution in [3.63, 3.8) is 0 Å². The fourth-order valence-electron chi connectivity index (χ4n) is 1.67. The summed E-state index contributed by atoms with van der Waals surface area (Å²) in [6.45, 7) is 0. The molecule has 0 aliphatic heterocycles. The molecule has 0 amide bonds. The van der Waals surface area contributed by atoms with Crippen molar-refractivity contribution < 1.29 is 13.2 Å². The molecule has 1 aliphatic rings. The molecule has 2 aromatic heterocycles. The molecular weight excluding hydrogens is 281 g/mol. The summed E-state index contributed by atoms with van der Waals surface area (Å²) in [6, 6.07) is 2.29. The average molecular weight is 289 g/mol. The number of halogens is 4. The van der Waals surface area contributed by atoms with Crippen LogP contribution < -0.4 is 0 Å². The van der Waals surface area contributed by atoms with Crippen molar-refractivity contribution in [3.8, 4) is 5.82 Å². The standard InChI is InChI=1S/C11H8ClF3N4/c12-8-5-9(17-10(16-8)6-1-2-6)19-4-3-7(18-19)11(13,14)15/h3-6H,1-2H2. The Labute approximate surface area is 111 Å². The maximum atomic E-state index is 12.5. The van der Waals surface area contributed by atoms with Crippen LogP contribution in [-0.4, -0.2) is 19.7 Å². The Morgan fingerprint density at radius 1 is 1.26 bits per heavy atom. The van der Waals surface area contributed by atoms with Gasteiger partial charge in [0.1, 0.15) is 11.0 Å². The van der Waals surface area contributed by atoms with E-state index in [-0.39, 0.29) is 16.9 Å². The van der Waals surface area contributed by atoms with Crippen molar-refractivity contribution >= 4 is 11.6 Å². The van der Waals surface area contributed by atoms with Gasteiger partial charge in [0.15, 0.2) is 11.5 Å². The average Bonchev–Trinajstić information content (AvgIpc) is 3.03. The van der Waals surface area contributed by atoms with Gasteiger partial charge < -0.3 is 0 Å². The Morgan fingerprint density at radius 2 is 2.00 bits per heavy atom. The minimum absolute atomic E-state index is 0.205. The van der Waals surface area contributed by atoms with E-state index < -0.39 is 11.9 Å². The van der Waals surface area contributed by atoms with Crippen LogP contribution in [0.2, 0.25) is 5.15 Å². The molecule has 1 saturated carbocycles. The number of rotatable bonds is 2. The largest absolute Gasteiger partial charge is 0.435 e. The summed E-state index contributed by atoms with van der Waals surface area (Å²) in [5.74, 6) is 1.07. The lowest BCUT2D eigenvalue weighted by molar-refractivity contribution is -0.141. The lowest BCUT2D eigenvalue weighted by atomic mass is 10.4. The molecule has 19 heavy (non-hydrogen) atoms. The monoisotopic (exact) mass is 288 g/mol. The number of nitrogens with zero attached hydrogens (tertiary/aromatic N) is 4. The van der Waals surface area contributed by atoms with Gasteiger partial charge in [0.25, 0.3) is 0 Å². The topological polar surface area (TPSA) is 43.6 Å². The van der Waals surface area contributed by atoms with Crippen LogP contribution in [0.25, 0.3) is 5.82 Å². The highest BCUT2D eigenvalue weighted by Crippen LogP contribution is 2.38. The van der Waals surface area contributed by atoms with E-state index in [4.69, 9.17) is 11.6 Å². The molecule has 8 heteroatoms. The highest BCUT2D eigenvalue weighted by Gasteiger charge is 2.34. The quantitative estimate of drug-likeness (QED) is 0.797. The van der Waals surface area contributed by atoms with Gasteiger partial charge in [-0.15, -0.1) is 0 Å². The van der Waals surface area contributed by atoms with Crippen LogP contribution >= 0.6 is 11.6 Å². The fraction of sp³-hybridized carbons (Fsp3) is 0.364.